The largest absolute Gasteiger partial charge is 0.390 e. The number of aromatic nitrogens is 1. The summed E-state index contributed by atoms with van der Waals surface area (Å²) in [6.45, 7) is 0. The Hall–Kier alpha value is -0.600. The summed E-state index contributed by atoms with van der Waals surface area (Å²) in [6, 6.07) is 5.59. The zero-order valence-electron chi connectivity index (χ0n) is 7.33. The van der Waals surface area contributed by atoms with Gasteiger partial charge in [0.05, 0.1) is 5.60 Å². The molecule has 0 aromatic carbocycles. The van der Waals surface area contributed by atoms with E-state index in [4.69, 9.17) is 11.6 Å². The Kier molecular flexibility index (Phi) is 2.26. The van der Waals surface area contributed by atoms with Gasteiger partial charge in [0.2, 0.25) is 0 Å². The van der Waals surface area contributed by atoms with Crippen LogP contribution in [-0.4, -0.2) is 15.7 Å². The molecule has 13 heavy (non-hydrogen) atoms. The lowest BCUT2D eigenvalue weighted by atomic mass is 10.1. The normalized spacial score (nSPS) is 18.6. The van der Waals surface area contributed by atoms with Gasteiger partial charge in [-0.2, -0.15) is 0 Å². The first-order valence-electron chi connectivity index (χ1n) is 4.52. The lowest BCUT2D eigenvalue weighted by Gasteiger charge is -2.06. The molecule has 1 aromatic rings. The monoisotopic (exact) mass is 197 g/mol. The minimum Gasteiger partial charge on any atom is -0.390 e. The van der Waals surface area contributed by atoms with E-state index in [1.807, 2.05) is 12.1 Å². The van der Waals surface area contributed by atoms with Gasteiger partial charge >= 0.3 is 0 Å². The average Bonchev–Trinajstić information content (AvgIpc) is 2.82. The predicted molar refractivity (Wildman–Crippen MR) is 51.8 cm³/mol. The second-order valence-electron chi connectivity index (χ2n) is 3.68. The molecule has 0 amide bonds. The summed E-state index contributed by atoms with van der Waals surface area (Å²) in [5, 5.41) is 10.1. The van der Waals surface area contributed by atoms with Crippen molar-refractivity contribution in [1.29, 1.82) is 0 Å². The Balaban J connectivity index is 1.94. The van der Waals surface area contributed by atoms with Crippen LogP contribution in [0.25, 0.3) is 0 Å². The van der Waals surface area contributed by atoms with Gasteiger partial charge in [0, 0.05) is 5.69 Å². The fraction of sp³-hybridized carbons (Fsp3) is 0.500. The molecule has 70 valence electrons. The topological polar surface area (TPSA) is 33.1 Å². The fourth-order valence-electron chi connectivity index (χ4n) is 1.34. The minimum atomic E-state index is -0.385. The first-order chi connectivity index (χ1) is 6.18. The van der Waals surface area contributed by atoms with Gasteiger partial charge in [-0.1, -0.05) is 17.7 Å². The van der Waals surface area contributed by atoms with Crippen LogP contribution in [0.3, 0.4) is 0 Å². The van der Waals surface area contributed by atoms with Gasteiger partial charge in [0.25, 0.3) is 0 Å². The molecule has 0 radical (unpaired) electrons. The van der Waals surface area contributed by atoms with Crippen LogP contribution >= 0.6 is 11.6 Å². The number of rotatable bonds is 3. The first-order valence-corrected chi connectivity index (χ1v) is 4.90. The van der Waals surface area contributed by atoms with Crippen LogP contribution in [0.2, 0.25) is 5.15 Å². The van der Waals surface area contributed by atoms with Crippen molar-refractivity contribution < 1.29 is 5.11 Å². The summed E-state index contributed by atoms with van der Waals surface area (Å²) in [5.74, 6) is 0. The van der Waals surface area contributed by atoms with Crippen LogP contribution in [0.5, 0.6) is 0 Å². The van der Waals surface area contributed by atoms with Gasteiger partial charge in [-0.3, -0.25) is 0 Å². The third kappa shape index (κ3) is 2.42. The summed E-state index contributed by atoms with van der Waals surface area (Å²) in [6.07, 6.45) is 3.50. The van der Waals surface area contributed by atoms with E-state index >= 15 is 0 Å². The smallest absolute Gasteiger partial charge is 0.129 e. The third-order valence-corrected chi connectivity index (χ3v) is 2.66. The number of aliphatic hydroxyl groups is 1. The van der Waals surface area contributed by atoms with Gasteiger partial charge in [0.15, 0.2) is 0 Å². The molecular weight excluding hydrogens is 186 g/mol. The van der Waals surface area contributed by atoms with Crippen LogP contribution in [0.15, 0.2) is 18.2 Å². The number of hydrogen-bond donors (Lipinski definition) is 1. The zero-order valence-corrected chi connectivity index (χ0v) is 8.09. The molecule has 3 heteroatoms. The maximum absolute atomic E-state index is 9.60. The molecule has 0 atom stereocenters. The van der Waals surface area contributed by atoms with E-state index < -0.39 is 0 Å². The highest BCUT2D eigenvalue weighted by molar-refractivity contribution is 6.29. The molecule has 0 aliphatic heterocycles. The maximum Gasteiger partial charge on any atom is 0.129 e. The Labute approximate surface area is 82.6 Å². The predicted octanol–water partition coefficient (Wildman–Crippen LogP) is 2.19. The Morgan fingerprint density at radius 2 is 2.23 bits per heavy atom. The molecule has 0 bridgehead atoms. The van der Waals surface area contributed by atoms with Crippen LogP contribution < -0.4 is 0 Å². The second-order valence-corrected chi connectivity index (χ2v) is 4.06. The molecule has 1 heterocycles. The van der Waals surface area contributed by atoms with Gasteiger partial charge < -0.3 is 5.11 Å². The second kappa shape index (κ2) is 3.28. The summed E-state index contributed by atoms with van der Waals surface area (Å²) >= 11 is 5.74. The number of pyridine rings is 1. The first kappa shape index (κ1) is 8.97. The van der Waals surface area contributed by atoms with E-state index in [1.165, 1.54) is 0 Å². The average molecular weight is 198 g/mol. The third-order valence-electron chi connectivity index (χ3n) is 2.45. The molecule has 1 aliphatic carbocycles. The van der Waals surface area contributed by atoms with Crippen molar-refractivity contribution in [3.05, 3.63) is 29.0 Å². The Bertz CT molecular complexity index is 310. The van der Waals surface area contributed by atoms with Crippen molar-refractivity contribution in [3.8, 4) is 0 Å². The van der Waals surface area contributed by atoms with Crippen molar-refractivity contribution in [2.24, 2.45) is 0 Å². The molecule has 1 aliphatic rings. The van der Waals surface area contributed by atoms with Crippen molar-refractivity contribution in [2.75, 3.05) is 0 Å². The molecule has 1 saturated carbocycles. The van der Waals surface area contributed by atoms with Crippen LogP contribution in [0, 0.1) is 0 Å². The molecule has 2 rings (SSSR count). The van der Waals surface area contributed by atoms with Crippen LogP contribution in [0.1, 0.15) is 25.0 Å². The maximum atomic E-state index is 9.60. The van der Waals surface area contributed by atoms with Crippen LogP contribution in [-0.2, 0) is 6.42 Å². The van der Waals surface area contributed by atoms with Gasteiger partial charge in [-0.05, 0) is 37.8 Å². The Morgan fingerprint density at radius 1 is 1.46 bits per heavy atom. The highest BCUT2D eigenvalue weighted by Crippen LogP contribution is 2.39. The molecule has 1 fully saturated rings. The summed E-state index contributed by atoms with van der Waals surface area (Å²) in [4.78, 5) is 4.16. The van der Waals surface area contributed by atoms with Gasteiger partial charge in [0.1, 0.15) is 5.15 Å². The molecule has 0 saturated heterocycles. The van der Waals surface area contributed by atoms with E-state index in [0.29, 0.717) is 5.15 Å². The quantitative estimate of drug-likeness (QED) is 0.754. The molecule has 1 aromatic heterocycles. The van der Waals surface area contributed by atoms with E-state index in [1.54, 1.807) is 6.07 Å². The molecule has 1 N–H and O–H groups in total. The van der Waals surface area contributed by atoms with E-state index in [9.17, 15) is 5.11 Å². The zero-order chi connectivity index (χ0) is 9.31. The summed E-state index contributed by atoms with van der Waals surface area (Å²) < 4.78 is 0. The van der Waals surface area contributed by atoms with Crippen molar-refractivity contribution in [1.82, 2.24) is 4.98 Å². The molecule has 0 spiro atoms. The number of aryl methyl sites for hydroxylation is 1. The lowest BCUT2D eigenvalue weighted by molar-refractivity contribution is 0.140. The molecule has 0 unspecified atom stereocenters. The van der Waals surface area contributed by atoms with E-state index in [0.717, 1.165) is 31.4 Å². The van der Waals surface area contributed by atoms with Crippen LogP contribution in [0.4, 0.5) is 0 Å². The minimum absolute atomic E-state index is 0.385. The number of nitrogens with zero attached hydrogens (tertiary/aromatic N) is 1. The number of halogens is 1. The summed E-state index contributed by atoms with van der Waals surface area (Å²) in [7, 11) is 0. The molecule has 2 nitrogen and oxygen atoms in total. The van der Waals surface area contributed by atoms with E-state index in [-0.39, 0.29) is 5.60 Å². The van der Waals surface area contributed by atoms with Gasteiger partial charge in [-0.15, -0.1) is 0 Å². The Morgan fingerprint density at radius 3 is 2.85 bits per heavy atom. The SMILES string of the molecule is OC1(CCc2cccc(Cl)n2)CC1. The molecular formula is C10H12ClNO. The van der Waals surface area contributed by atoms with Crippen molar-refractivity contribution in [3.63, 3.8) is 0 Å². The van der Waals surface area contributed by atoms with Crippen molar-refractivity contribution >= 4 is 11.6 Å². The standard InChI is InChI=1S/C10H12ClNO/c11-9-3-1-2-8(12-9)4-5-10(13)6-7-10/h1-3,13H,4-7H2. The fourth-order valence-corrected chi connectivity index (χ4v) is 1.53. The highest BCUT2D eigenvalue weighted by atomic mass is 35.5. The highest BCUT2D eigenvalue weighted by Gasteiger charge is 2.39. The van der Waals surface area contributed by atoms with Gasteiger partial charge in [-0.25, -0.2) is 4.98 Å². The van der Waals surface area contributed by atoms with Crippen molar-refractivity contribution in [2.45, 2.75) is 31.3 Å². The summed E-state index contributed by atoms with van der Waals surface area (Å²) in [5.41, 5.74) is 0.581. The lowest BCUT2D eigenvalue weighted by Crippen LogP contribution is -2.08. The van der Waals surface area contributed by atoms with E-state index in [2.05, 4.69) is 4.98 Å². The number of hydrogen-bond acceptors (Lipinski definition) is 2.